The summed E-state index contributed by atoms with van der Waals surface area (Å²) < 4.78 is 0.697. The quantitative estimate of drug-likeness (QED) is 0.805. The van der Waals surface area contributed by atoms with Crippen molar-refractivity contribution in [2.24, 2.45) is 5.92 Å². The lowest BCUT2D eigenvalue weighted by Crippen LogP contribution is -2.35. The number of carbonyl (C=O) groups is 1. The lowest BCUT2D eigenvalue weighted by Gasteiger charge is -2.26. The van der Waals surface area contributed by atoms with E-state index in [0.29, 0.717) is 21.6 Å². The van der Waals surface area contributed by atoms with Crippen molar-refractivity contribution in [1.82, 2.24) is 4.90 Å². The first-order valence-electron chi connectivity index (χ1n) is 6.88. The fourth-order valence-electron chi connectivity index (χ4n) is 2.10. The fraction of sp³-hybridized carbons (Fsp3) is 0.533. The van der Waals surface area contributed by atoms with Crippen molar-refractivity contribution in [2.45, 2.75) is 33.6 Å². The third-order valence-electron chi connectivity index (χ3n) is 3.56. The average Bonchev–Trinajstić information content (AvgIpc) is 2.43. The number of halogens is 1. The molecule has 0 saturated heterocycles. The molecule has 0 heterocycles. The van der Waals surface area contributed by atoms with Gasteiger partial charge in [0.25, 0.3) is 5.91 Å². The van der Waals surface area contributed by atoms with Crippen LogP contribution in [0.5, 0.6) is 0 Å². The van der Waals surface area contributed by atoms with Gasteiger partial charge in [0.1, 0.15) is 0 Å². The average molecular weight is 327 g/mol. The minimum absolute atomic E-state index is 0.0496. The van der Waals surface area contributed by atoms with E-state index in [1.807, 2.05) is 24.0 Å². The van der Waals surface area contributed by atoms with Crippen LogP contribution < -0.4 is 5.73 Å². The zero-order chi connectivity index (χ0) is 14.4. The molecule has 0 aliphatic heterocycles. The molecule has 0 saturated carbocycles. The zero-order valence-corrected chi connectivity index (χ0v) is 13.5. The minimum atomic E-state index is 0.0496. The van der Waals surface area contributed by atoms with E-state index in [2.05, 4.69) is 29.8 Å². The standard InChI is InChI=1S/C15H23BrN2O/c1-4-11(5-2)10-18(6-3)15(19)12-8-7-9-13(17)14(12)16/h7-9,11H,4-6,10,17H2,1-3H3. The van der Waals surface area contributed by atoms with Gasteiger partial charge in [0.2, 0.25) is 0 Å². The van der Waals surface area contributed by atoms with Gasteiger partial charge in [0.15, 0.2) is 0 Å². The summed E-state index contributed by atoms with van der Waals surface area (Å²) in [4.78, 5) is 14.5. The Hall–Kier alpha value is -1.03. The highest BCUT2D eigenvalue weighted by Crippen LogP contribution is 2.25. The Kier molecular flexibility index (Phi) is 6.35. The van der Waals surface area contributed by atoms with E-state index in [-0.39, 0.29) is 5.91 Å². The Morgan fingerprint density at radius 2 is 1.95 bits per heavy atom. The largest absolute Gasteiger partial charge is 0.398 e. The van der Waals surface area contributed by atoms with Gasteiger partial charge in [-0.05, 0) is 40.9 Å². The number of nitrogens with zero attached hydrogens (tertiary/aromatic N) is 1. The van der Waals surface area contributed by atoms with Crippen molar-refractivity contribution in [3.63, 3.8) is 0 Å². The molecule has 2 N–H and O–H groups in total. The molecule has 0 atom stereocenters. The SMILES string of the molecule is CCC(CC)CN(CC)C(=O)c1cccc(N)c1Br. The van der Waals surface area contributed by atoms with Crippen molar-refractivity contribution in [3.05, 3.63) is 28.2 Å². The molecule has 0 aliphatic carbocycles. The number of hydrogen-bond donors (Lipinski definition) is 1. The maximum atomic E-state index is 12.6. The van der Waals surface area contributed by atoms with Crippen LogP contribution >= 0.6 is 15.9 Å². The molecule has 0 unspecified atom stereocenters. The van der Waals surface area contributed by atoms with Gasteiger partial charge in [0.05, 0.1) is 10.0 Å². The topological polar surface area (TPSA) is 46.3 Å². The van der Waals surface area contributed by atoms with Crippen molar-refractivity contribution in [1.29, 1.82) is 0 Å². The van der Waals surface area contributed by atoms with Crippen LogP contribution in [-0.2, 0) is 0 Å². The molecule has 4 heteroatoms. The second-order valence-electron chi connectivity index (χ2n) is 4.74. The summed E-state index contributed by atoms with van der Waals surface area (Å²) in [5.74, 6) is 0.609. The highest BCUT2D eigenvalue weighted by molar-refractivity contribution is 9.10. The number of carbonyl (C=O) groups excluding carboxylic acids is 1. The van der Waals surface area contributed by atoms with Gasteiger partial charge in [0, 0.05) is 18.8 Å². The molecule has 106 valence electrons. The first-order valence-corrected chi connectivity index (χ1v) is 7.67. The normalized spacial score (nSPS) is 10.8. The van der Waals surface area contributed by atoms with Gasteiger partial charge in [-0.25, -0.2) is 0 Å². The second kappa shape index (κ2) is 7.53. The summed E-state index contributed by atoms with van der Waals surface area (Å²) in [7, 11) is 0. The summed E-state index contributed by atoms with van der Waals surface area (Å²) >= 11 is 3.41. The Morgan fingerprint density at radius 1 is 1.32 bits per heavy atom. The number of anilines is 1. The fourth-order valence-corrected chi connectivity index (χ4v) is 2.53. The first-order chi connectivity index (χ1) is 9.04. The van der Waals surface area contributed by atoms with E-state index in [1.165, 1.54) is 0 Å². The summed E-state index contributed by atoms with van der Waals surface area (Å²) in [6.07, 6.45) is 2.19. The van der Waals surface area contributed by atoms with Crippen molar-refractivity contribution in [3.8, 4) is 0 Å². The lowest BCUT2D eigenvalue weighted by atomic mass is 10.0. The predicted molar refractivity (Wildman–Crippen MR) is 84.2 cm³/mol. The van der Waals surface area contributed by atoms with Crippen LogP contribution in [0, 0.1) is 5.92 Å². The van der Waals surface area contributed by atoms with E-state index >= 15 is 0 Å². The predicted octanol–water partition coefficient (Wildman–Crippen LogP) is 3.93. The summed E-state index contributed by atoms with van der Waals surface area (Å²) in [5, 5.41) is 0. The first kappa shape index (κ1) is 16.0. The number of benzene rings is 1. The van der Waals surface area contributed by atoms with Crippen LogP contribution in [0.15, 0.2) is 22.7 Å². The summed E-state index contributed by atoms with van der Waals surface area (Å²) in [5.41, 5.74) is 7.08. The Morgan fingerprint density at radius 3 is 2.47 bits per heavy atom. The van der Waals surface area contributed by atoms with Gasteiger partial charge < -0.3 is 10.6 Å². The molecule has 19 heavy (non-hydrogen) atoms. The van der Waals surface area contributed by atoms with E-state index in [1.54, 1.807) is 6.07 Å². The highest BCUT2D eigenvalue weighted by atomic mass is 79.9. The van der Waals surface area contributed by atoms with E-state index < -0.39 is 0 Å². The molecule has 0 fully saturated rings. The van der Waals surface area contributed by atoms with E-state index in [0.717, 1.165) is 25.9 Å². The van der Waals surface area contributed by atoms with Gasteiger partial charge in [-0.3, -0.25) is 4.79 Å². The maximum Gasteiger partial charge on any atom is 0.255 e. The number of nitrogens with two attached hydrogens (primary N) is 1. The third-order valence-corrected chi connectivity index (χ3v) is 4.45. The molecule has 0 spiro atoms. The van der Waals surface area contributed by atoms with Crippen molar-refractivity contribution >= 4 is 27.5 Å². The molecule has 1 aromatic rings. The van der Waals surface area contributed by atoms with Gasteiger partial charge in [-0.15, -0.1) is 0 Å². The molecule has 3 nitrogen and oxygen atoms in total. The van der Waals surface area contributed by atoms with Crippen molar-refractivity contribution < 1.29 is 4.79 Å². The molecule has 1 amide bonds. The van der Waals surface area contributed by atoms with Crippen LogP contribution in [0.1, 0.15) is 44.0 Å². The number of hydrogen-bond acceptors (Lipinski definition) is 2. The smallest absolute Gasteiger partial charge is 0.255 e. The Labute approximate surface area is 124 Å². The lowest BCUT2D eigenvalue weighted by molar-refractivity contribution is 0.0734. The van der Waals surface area contributed by atoms with Crippen LogP contribution in [0.4, 0.5) is 5.69 Å². The van der Waals surface area contributed by atoms with Gasteiger partial charge in [-0.1, -0.05) is 32.8 Å². The van der Waals surface area contributed by atoms with Crippen LogP contribution in [0.3, 0.4) is 0 Å². The van der Waals surface area contributed by atoms with Gasteiger partial charge in [-0.2, -0.15) is 0 Å². The Balaban J connectivity index is 2.92. The number of rotatable bonds is 6. The molecule has 0 aliphatic rings. The number of amides is 1. The number of nitrogen functional groups attached to an aromatic ring is 1. The molecular formula is C15H23BrN2O. The maximum absolute atomic E-state index is 12.6. The molecule has 1 aromatic carbocycles. The van der Waals surface area contributed by atoms with Crippen LogP contribution in [0.2, 0.25) is 0 Å². The summed E-state index contributed by atoms with van der Waals surface area (Å²) in [6.45, 7) is 7.88. The zero-order valence-electron chi connectivity index (χ0n) is 11.9. The second-order valence-corrected chi connectivity index (χ2v) is 5.53. The molecule has 1 rings (SSSR count). The van der Waals surface area contributed by atoms with Crippen molar-refractivity contribution in [2.75, 3.05) is 18.8 Å². The Bertz CT molecular complexity index is 430. The van der Waals surface area contributed by atoms with Crippen LogP contribution in [-0.4, -0.2) is 23.9 Å². The van der Waals surface area contributed by atoms with E-state index in [9.17, 15) is 4.79 Å². The van der Waals surface area contributed by atoms with E-state index in [4.69, 9.17) is 5.73 Å². The van der Waals surface area contributed by atoms with Gasteiger partial charge >= 0.3 is 0 Å². The highest BCUT2D eigenvalue weighted by Gasteiger charge is 2.20. The van der Waals surface area contributed by atoms with Crippen LogP contribution in [0.25, 0.3) is 0 Å². The monoisotopic (exact) mass is 326 g/mol. The molecular weight excluding hydrogens is 304 g/mol. The molecule has 0 radical (unpaired) electrons. The molecule has 0 aromatic heterocycles. The third kappa shape index (κ3) is 3.96. The molecule has 0 bridgehead atoms. The minimum Gasteiger partial charge on any atom is -0.398 e. The summed E-state index contributed by atoms with van der Waals surface area (Å²) in [6, 6.07) is 5.43.